The molecule has 0 saturated carbocycles. The predicted octanol–water partition coefficient (Wildman–Crippen LogP) is 1.50. The molecule has 0 aliphatic carbocycles. The number of nitrogens with one attached hydrogen (secondary N) is 1. The Morgan fingerprint density at radius 2 is 2.40 bits per heavy atom. The highest BCUT2D eigenvalue weighted by Gasteiger charge is 2.36. The number of hydrogen-bond acceptors (Lipinski definition) is 6. The van der Waals surface area contributed by atoms with Gasteiger partial charge in [-0.2, -0.15) is 5.26 Å². The maximum atomic E-state index is 12.1. The van der Waals surface area contributed by atoms with E-state index in [2.05, 4.69) is 5.32 Å². The van der Waals surface area contributed by atoms with Crippen LogP contribution < -0.4 is 11.1 Å². The number of furan rings is 1. The van der Waals surface area contributed by atoms with Crippen LogP contribution in [-0.2, 0) is 9.53 Å². The quantitative estimate of drug-likeness (QED) is 0.809. The van der Waals surface area contributed by atoms with Crippen molar-refractivity contribution in [3.63, 3.8) is 0 Å². The van der Waals surface area contributed by atoms with Gasteiger partial charge in [0.15, 0.2) is 0 Å². The van der Waals surface area contributed by atoms with Crippen LogP contribution in [0.2, 0.25) is 0 Å². The maximum absolute atomic E-state index is 12.1. The minimum Gasteiger partial charge on any atom is -0.468 e. The molecule has 1 aliphatic heterocycles. The van der Waals surface area contributed by atoms with E-state index in [1.54, 1.807) is 26.0 Å². The summed E-state index contributed by atoms with van der Waals surface area (Å²) in [4.78, 5) is 12.1. The number of esters is 1. The molecule has 0 spiro atoms. The molecule has 1 unspecified atom stereocenters. The van der Waals surface area contributed by atoms with E-state index in [-0.39, 0.29) is 18.0 Å². The third-order valence-corrected chi connectivity index (χ3v) is 3.04. The van der Waals surface area contributed by atoms with Crippen LogP contribution in [0.4, 0.5) is 0 Å². The number of allylic oxidation sites excluding steroid dienone is 2. The second kappa shape index (κ2) is 5.53. The highest BCUT2D eigenvalue weighted by Crippen LogP contribution is 2.37. The number of carbonyl (C=O) groups is 1. The average Bonchev–Trinajstić information content (AvgIpc) is 2.91. The Kier molecular flexibility index (Phi) is 3.80. The zero-order valence-corrected chi connectivity index (χ0v) is 11.3. The number of dihydropyridines is 1. The summed E-state index contributed by atoms with van der Waals surface area (Å²) >= 11 is 0. The van der Waals surface area contributed by atoms with Gasteiger partial charge in [-0.3, -0.25) is 0 Å². The van der Waals surface area contributed by atoms with Crippen LogP contribution in [0.5, 0.6) is 0 Å². The lowest BCUT2D eigenvalue weighted by Gasteiger charge is -2.26. The van der Waals surface area contributed by atoms with Crippen LogP contribution >= 0.6 is 0 Å². The largest absolute Gasteiger partial charge is 0.468 e. The molecule has 1 aliphatic rings. The number of nitrogens with zero attached hydrogens (tertiary/aromatic N) is 1. The molecule has 104 valence electrons. The topological polar surface area (TPSA) is 101 Å². The fourth-order valence-corrected chi connectivity index (χ4v) is 2.20. The summed E-state index contributed by atoms with van der Waals surface area (Å²) < 4.78 is 10.4. The molecule has 0 saturated heterocycles. The molecule has 3 N–H and O–H groups in total. The summed E-state index contributed by atoms with van der Waals surface area (Å²) in [6.45, 7) is 3.69. The van der Waals surface area contributed by atoms with Gasteiger partial charge in [0.25, 0.3) is 0 Å². The number of rotatable bonds is 3. The number of hydrogen-bond donors (Lipinski definition) is 2. The summed E-state index contributed by atoms with van der Waals surface area (Å²) in [5.41, 5.74) is 6.97. The van der Waals surface area contributed by atoms with Crippen molar-refractivity contribution < 1.29 is 13.9 Å². The molecule has 0 radical (unpaired) electrons. The first-order valence-corrected chi connectivity index (χ1v) is 6.18. The van der Waals surface area contributed by atoms with Crippen molar-refractivity contribution in [2.24, 2.45) is 5.73 Å². The summed E-state index contributed by atoms with van der Waals surface area (Å²) in [5, 5.41) is 12.1. The van der Waals surface area contributed by atoms with E-state index in [0.717, 1.165) is 0 Å². The van der Waals surface area contributed by atoms with Crippen LogP contribution in [0.15, 0.2) is 45.5 Å². The Labute approximate surface area is 116 Å². The van der Waals surface area contributed by atoms with Crippen molar-refractivity contribution in [2.45, 2.75) is 19.8 Å². The first-order chi connectivity index (χ1) is 9.60. The van der Waals surface area contributed by atoms with Crippen LogP contribution in [0.25, 0.3) is 0 Å². The van der Waals surface area contributed by atoms with Crippen molar-refractivity contribution in [3.8, 4) is 6.07 Å². The minimum atomic E-state index is -0.643. The molecule has 1 atom stereocenters. The van der Waals surface area contributed by atoms with Crippen molar-refractivity contribution >= 4 is 5.97 Å². The lowest BCUT2D eigenvalue weighted by atomic mass is 9.85. The smallest absolute Gasteiger partial charge is 0.336 e. The first-order valence-electron chi connectivity index (χ1n) is 6.18. The third kappa shape index (κ3) is 2.26. The highest BCUT2D eigenvalue weighted by atomic mass is 16.5. The Bertz CT molecular complexity index is 621. The Morgan fingerprint density at radius 3 is 2.95 bits per heavy atom. The lowest BCUT2D eigenvalue weighted by molar-refractivity contribution is -0.138. The molecule has 20 heavy (non-hydrogen) atoms. The molecule has 6 heteroatoms. The van der Waals surface area contributed by atoms with Gasteiger partial charge < -0.3 is 20.2 Å². The zero-order chi connectivity index (χ0) is 14.7. The summed E-state index contributed by atoms with van der Waals surface area (Å²) in [6.07, 6.45) is 1.49. The van der Waals surface area contributed by atoms with E-state index < -0.39 is 11.9 Å². The van der Waals surface area contributed by atoms with Gasteiger partial charge in [-0.1, -0.05) is 0 Å². The SMILES string of the molecule is CCOC(=O)C1=C(C)NC(N)=C(C#N)C1c1ccco1. The second-order valence-electron chi connectivity index (χ2n) is 4.27. The van der Waals surface area contributed by atoms with Crippen molar-refractivity contribution in [1.29, 1.82) is 5.26 Å². The average molecular weight is 273 g/mol. The van der Waals surface area contributed by atoms with Crippen molar-refractivity contribution in [3.05, 3.63) is 46.8 Å². The number of carbonyl (C=O) groups excluding carboxylic acids is 1. The van der Waals surface area contributed by atoms with Gasteiger partial charge in [0.1, 0.15) is 11.6 Å². The number of nitriles is 1. The lowest BCUT2D eigenvalue weighted by Crippen LogP contribution is -2.32. The third-order valence-electron chi connectivity index (χ3n) is 3.04. The molecule has 1 aromatic rings. The van der Waals surface area contributed by atoms with Crippen LogP contribution in [0.1, 0.15) is 25.5 Å². The van der Waals surface area contributed by atoms with Gasteiger partial charge in [-0.15, -0.1) is 0 Å². The molecule has 1 aromatic heterocycles. The molecular formula is C14H15N3O3. The minimum absolute atomic E-state index is 0.222. The molecule has 2 heterocycles. The maximum Gasteiger partial charge on any atom is 0.336 e. The monoisotopic (exact) mass is 273 g/mol. The van der Waals surface area contributed by atoms with Crippen molar-refractivity contribution in [2.75, 3.05) is 6.61 Å². The van der Waals surface area contributed by atoms with E-state index in [4.69, 9.17) is 14.9 Å². The van der Waals surface area contributed by atoms with Gasteiger partial charge in [-0.25, -0.2) is 4.79 Å². The van der Waals surface area contributed by atoms with Crippen LogP contribution in [0.3, 0.4) is 0 Å². The second-order valence-corrected chi connectivity index (χ2v) is 4.27. The predicted molar refractivity (Wildman–Crippen MR) is 70.7 cm³/mol. The molecule has 0 bridgehead atoms. The Balaban J connectivity index is 2.55. The fourth-order valence-electron chi connectivity index (χ4n) is 2.20. The molecule has 2 rings (SSSR count). The fraction of sp³-hybridized carbons (Fsp3) is 0.286. The summed E-state index contributed by atoms with van der Waals surface area (Å²) in [6, 6.07) is 5.43. The number of nitrogens with two attached hydrogens (primary N) is 1. The molecule has 0 fully saturated rings. The normalized spacial score (nSPS) is 18.6. The van der Waals surface area contributed by atoms with Gasteiger partial charge in [0.05, 0.1) is 36.0 Å². The van der Waals surface area contributed by atoms with Crippen molar-refractivity contribution in [1.82, 2.24) is 5.32 Å². The molecule has 0 aromatic carbocycles. The first kappa shape index (κ1) is 13.7. The van der Waals surface area contributed by atoms with Gasteiger partial charge >= 0.3 is 5.97 Å². The highest BCUT2D eigenvalue weighted by molar-refractivity contribution is 5.92. The van der Waals surface area contributed by atoms with Crippen LogP contribution in [0, 0.1) is 11.3 Å². The van der Waals surface area contributed by atoms with Gasteiger partial charge in [-0.05, 0) is 26.0 Å². The van der Waals surface area contributed by atoms with Gasteiger partial charge in [0.2, 0.25) is 0 Å². The van der Waals surface area contributed by atoms with E-state index >= 15 is 0 Å². The van der Waals surface area contributed by atoms with E-state index in [1.165, 1.54) is 6.26 Å². The van der Waals surface area contributed by atoms with E-state index in [1.807, 2.05) is 6.07 Å². The Hall–Kier alpha value is -2.68. The van der Waals surface area contributed by atoms with Gasteiger partial charge in [0, 0.05) is 5.70 Å². The summed E-state index contributed by atoms with van der Waals surface area (Å²) in [7, 11) is 0. The standard InChI is InChI=1S/C14H15N3O3/c1-3-19-14(18)11-8(2)17-13(16)9(7-15)12(11)10-5-4-6-20-10/h4-6,12,17H,3,16H2,1-2H3. The molecule has 6 nitrogen and oxygen atoms in total. The number of ether oxygens (including phenoxy) is 1. The van der Waals surface area contributed by atoms with E-state index in [0.29, 0.717) is 17.0 Å². The van der Waals surface area contributed by atoms with Crippen LogP contribution in [-0.4, -0.2) is 12.6 Å². The molecule has 0 amide bonds. The molecular weight excluding hydrogens is 258 g/mol. The zero-order valence-electron chi connectivity index (χ0n) is 11.3. The Morgan fingerprint density at radius 1 is 1.65 bits per heavy atom. The summed E-state index contributed by atoms with van der Waals surface area (Å²) in [5.74, 6) is -0.428. The van der Waals surface area contributed by atoms with E-state index in [9.17, 15) is 10.1 Å².